The van der Waals surface area contributed by atoms with E-state index in [1.165, 1.54) is 4.90 Å². The summed E-state index contributed by atoms with van der Waals surface area (Å²) in [6.07, 6.45) is 3.16. The van der Waals surface area contributed by atoms with Gasteiger partial charge in [0.05, 0.1) is 46.6 Å². The molecule has 3 fully saturated rings. The lowest BCUT2D eigenvalue weighted by Crippen LogP contribution is -2.38. The van der Waals surface area contributed by atoms with Crippen molar-refractivity contribution >= 4 is 46.5 Å². The second-order valence-electron chi connectivity index (χ2n) is 12.4. The van der Waals surface area contributed by atoms with Gasteiger partial charge in [-0.25, -0.2) is 9.18 Å². The van der Waals surface area contributed by atoms with Crippen LogP contribution in [0.1, 0.15) is 45.5 Å². The number of ether oxygens (including phenoxy) is 3. The standard InChI is InChI=1S/C34H34Cl2FN3O6/c35-26-14-22(39-7-4-34(19-39)5-10-44-11-6-34)15-27(36)30(26)32(41)40-18-21-2-1-3-23(31(21)46-20-40)24-17-29(38-8-12-45-13-9-38)25(33(42)43)16-28(24)37/h1-3,14-17H,4-13,18-20H2,(H,42,43). The van der Waals surface area contributed by atoms with E-state index in [9.17, 15) is 14.7 Å². The van der Waals surface area contributed by atoms with Crippen molar-refractivity contribution in [2.45, 2.75) is 25.8 Å². The van der Waals surface area contributed by atoms with Crippen LogP contribution in [0.2, 0.25) is 10.0 Å². The molecule has 3 aromatic rings. The van der Waals surface area contributed by atoms with Crippen molar-refractivity contribution in [1.82, 2.24) is 4.90 Å². The molecular formula is C34H34Cl2FN3O6. The van der Waals surface area contributed by atoms with Crippen LogP contribution in [0.3, 0.4) is 0 Å². The minimum atomic E-state index is -1.21. The fraction of sp³-hybridized carbons (Fsp3) is 0.412. The first-order valence-corrected chi connectivity index (χ1v) is 16.2. The molecule has 0 aliphatic carbocycles. The lowest BCUT2D eigenvalue weighted by Gasteiger charge is -2.33. The summed E-state index contributed by atoms with van der Waals surface area (Å²) in [5.41, 5.74) is 3.02. The van der Waals surface area contributed by atoms with Crippen LogP contribution in [-0.2, 0) is 16.0 Å². The Morgan fingerprint density at radius 2 is 1.59 bits per heavy atom. The number of rotatable bonds is 5. The lowest BCUT2D eigenvalue weighted by atomic mass is 9.80. The maximum atomic E-state index is 15.5. The molecule has 0 bridgehead atoms. The minimum absolute atomic E-state index is 0.0981. The van der Waals surface area contributed by atoms with Crippen LogP contribution >= 0.6 is 23.2 Å². The number of benzene rings is 3. The third kappa shape index (κ3) is 5.76. The van der Waals surface area contributed by atoms with Crippen molar-refractivity contribution in [3.8, 4) is 16.9 Å². The first-order valence-electron chi connectivity index (χ1n) is 15.5. The summed E-state index contributed by atoms with van der Waals surface area (Å²) in [6.45, 7) is 5.35. The number of hydrogen-bond donors (Lipinski definition) is 1. The Morgan fingerprint density at radius 1 is 0.870 bits per heavy atom. The van der Waals surface area contributed by atoms with Gasteiger partial charge in [0.1, 0.15) is 11.6 Å². The minimum Gasteiger partial charge on any atom is -0.478 e. The van der Waals surface area contributed by atoms with E-state index in [1.807, 2.05) is 23.1 Å². The number of morpholine rings is 1. The number of nitrogens with zero attached hydrogens (tertiary/aromatic N) is 3. The van der Waals surface area contributed by atoms with Gasteiger partial charge in [0, 0.05) is 61.8 Å². The van der Waals surface area contributed by atoms with Gasteiger partial charge >= 0.3 is 5.97 Å². The fourth-order valence-corrected chi connectivity index (χ4v) is 7.73. The highest BCUT2D eigenvalue weighted by Gasteiger charge is 2.40. The topological polar surface area (TPSA) is 91.8 Å². The predicted octanol–water partition coefficient (Wildman–Crippen LogP) is 6.33. The fourth-order valence-electron chi connectivity index (χ4n) is 7.09. The summed E-state index contributed by atoms with van der Waals surface area (Å²) in [4.78, 5) is 31.5. The molecule has 9 nitrogen and oxygen atoms in total. The normalized spacial score (nSPS) is 19.2. The average molecular weight is 671 g/mol. The molecule has 4 heterocycles. The van der Waals surface area contributed by atoms with Gasteiger partial charge in [0.25, 0.3) is 5.91 Å². The Morgan fingerprint density at radius 3 is 2.30 bits per heavy atom. The smallest absolute Gasteiger partial charge is 0.337 e. The van der Waals surface area contributed by atoms with Crippen molar-refractivity contribution in [1.29, 1.82) is 0 Å². The van der Waals surface area contributed by atoms with E-state index in [2.05, 4.69) is 4.90 Å². The van der Waals surface area contributed by atoms with Crippen molar-refractivity contribution in [2.24, 2.45) is 5.41 Å². The van der Waals surface area contributed by atoms with Crippen LogP contribution in [0.4, 0.5) is 15.8 Å². The Hall–Kier alpha value is -3.57. The molecule has 1 N–H and O–H groups in total. The summed E-state index contributed by atoms with van der Waals surface area (Å²) >= 11 is 13.5. The number of fused-ring (bicyclic) bond motifs is 1. The van der Waals surface area contributed by atoms with Gasteiger partial charge in [0.15, 0.2) is 6.73 Å². The van der Waals surface area contributed by atoms with Gasteiger partial charge in [-0.1, -0.05) is 41.4 Å². The second kappa shape index (κ2) is 12.6. The van der Waals surface area contributed by atoms with Crippen molar-refractivity contribution in [2.75, 3.05) is 69.1 Å². The molecule has 0 saturated carbocycles. The molecule has 242 valence electrons. The molecule has 1 spiro atoms. The summed E-state index contributed by atoms with van der Waals surface area (Å²) in [5, 5.41) is 10.3. The average Bonchev–Trinajstić information content (AvgIpc) is 3.47. The van der Waals surface area contributed by atoms with Crippen molar-refractivity contribution in [3.63, 3.8) is 0 Å². The van der Waals surface area contributed by atoms with E-state index < -0.39 is 11.8 Å². The lowest BCUT2D eigenvalue weighted by molar-refractivity contribution is 0.0254. The largest absolute Gasteiger partial charge is 0.478 e. The zero-order valence-corrected chi connectivity index (χ0v) is 26.7. The quantitative estimate of drug-likeness (QED) is 0.337. The molecular weight excluding hydrogens is 636 g/mol. The first kappa shape index (κ1) is 31.1. The number of anilines is 2. The van der Waals surface area contributed by atoms with E-state index in [1.54, 1.807) is 18.2 Å². The van der Waals surface area contributed by atoms with Crippen LogP contribution < -0.4 is 14.5 Å². The van der Waals surface area contributed by atoms with Crippen LogP contribution in [0, 0.1) is 11.2 Å². The van der Waals surface area contributed by atoms with Gasteiger partial charge < -0.3 is 34.0 Å². The number of hydrogen-bond acceptors (Lipinski definition) is 7. The number of para-hydroxylation sites is 1. The van der Waals surface area contributed by atoms with Gasteiger partial charge in [-0.15, -0.1) is 0 Å². The highest BCUT2D eigenvalue weighted by atomic mass is 35.5. The van der Waals surface area contributed by atoms with Gasteiger partial charge in [-0.2, -0.15) is 0 Å². The molecule has 0 radical (unpaired) electrons. The molecule has 1 amide bonds. The molecule has 0 unspecified atom stereocenters. The first-order chi connectivity index (χ1) is 22.2. The van der Waals surface area contributed by atoms with E-state index in [4.69, 9.17) is 37.4 Å². The zero-order valence-electron chi connectivity index (χ0n) is 25.2. The maximum absolute atomic E-state index is 15.5. The van der Waals surface area contributed by atoms with E-state index in [-0.39, 0.29) is 51.3 Å². The number of carbonyl (C=O) groups is 2. The number of carboxylic acid groups (broad SMARTS) is 1. The van der Waals surface area contributed by atoms with Crippen LogP contribution in [-0.4, -0.2) is 81.2 Å². The number of carboxylic acids is 1. The molecule has 4 aliphatic heterocycles. The summed E-state index contributed by atoms with van der Waals surface area (Å²) in [7, 11) is 0. The Bertz CT molecular complexity index is 1670. The second-order valence-corrected chi connectivity index (χ2v) is 13.2. The van der Waals surface area contributed by atoms with Crippen LogP contribution in [0.5, 0.6) is 5.75 Å². The SMILES string of the molecule is O=C(O)c1cc(F)c(-c2cccc3c2OCN(C(=O)c2c(Cl)cc(N4CCC5(CCOCC5)C4)cc2Cl)C3)cc1N1CCOCC1. The summed E-state index contributed by atoms with van der Waals surface area (Å²) < 4.78 is 32.6. The molecule has 3 aromatic carbocycles. The predicted molar refractivity (Wildman–Crippen MR) is 173 cm³/mol. The molecule has 0 atom stereocenters. The monoisotopic (exact) mass is 669 g/mol. The highest BCUT2D eigenvalue weighted by Crippen LogP contribution is 2.44. The number of carbonyl (C=O) groups excluding carboxylic acids is 1. The molecule has 7 rings (SSSR count). The number of halogens is 3. The molecule has 12 heteroatoms. The third-order valence-corrected chi connectivity index (χ3v) is 10.3. The van der Waals surface area contributed by atoms with Gasteiger partial charge in [-0.3, -0.25) is 4.79 Å². The van der Waals surface area contributed by atoms with Crippen LogP contribution in [0.15, 0.2) is 42.5 Å². The van der Waals surface area contributed by atoms with Crippen molar-refractivity contribution in [3.05, 3.63) is 75.0 Å². The Balaban J connectivity index is 1.13. The zero-order chi connectivity index (χ0) is 32.0. The number of amides is 1. The Kier molecular flexibility index (Phi) is 8.48. The summed E-state index contributed by atoms with van der Waals surface area (Å²) in [5.74, 6) is -1.82. The van der Waals surface area contributed by atoms with E-state index in [0.717, 1.165) is 57.3 Å². The molecule has 3 saturated heterocycles. The van der Waals surface area contributed by atoms with Gasteiger partial charge in [-0.05, 0) is 48.9 Å². The summed E-state index contributed by atoms with van der Waals surface area (Å²) in [6, 6.07) is 11.5. The van der Waals surface area contributed by atoms with Gasteiger partial charge in [0.2, 0.25) is 0 Å². The molecule has 4 aliphatic rings. The number of aromatic carboxylic acids is 1. The molecule has 0 aromatic heterocycles. The maximum Gasteiger partial charge on any atom is 0.337 e. The van der Waals surface area contributed by atoms with Crippen LogP contribution in [0.25, 0.3) is 11.1 Å². The van der Waals surface area contributed by atoms with Crippen molar-refractivity contribution < 1.29 is 33.3 Å². The molecule has 46 heavy (non-hydrogen) atoms. The third-order valence-electron chi connectivity index (χ3n) is 9.67. The van der Waals surface area contributed by atoms with E-state index >= 15 is 4.39 Å². The highest BCUT2D eigenvalue weighted by molar-refractivity contribution is 6.40. The Labute approximate surface area is 276 Å². The van der Waals surface area contributed by atoms with E-state index in [0.29, 0.717) is 48.9 Å².